The fourth-order valence-electron chi connectivity index (χ4n) is 8.97. The molecule has 0 bridgehead atoms. The Labute approximate surface area is 326 Å². The molecule has 0 spiro atoms. The molecule has 9 aromatic rings. The van der Waals surface area contributed by atoms with Crippen LogP contribution in [0.25, 0.3) is 60.5 Å². The third kappa shape index (κ3) is 5.14. The number of hydrogen-bond donors (Lipinski definition) is 1. The molecule has 2 heterocycles. The van der Waals surface area contributed by atoms with Crippen LogP contribution in [0.3, 0.4) is 0 Å². The predicted octanol–water partition coefficient (Wildman–Crippen LogP) is 12.4. The Kier molecular flexibility index (Phi) is 7.23. The third-order valence-electron chi connectivity index (χ3n) is 11.8. The molecule has 0 radical (unpaired) electrons. The second-order valence-corrected chi connectivity index (χ2v) is 15.5. The van der Waals surface area contributed by atoms with Gasteiger partial charge in [0.25, 0.3) is 0 Å². The first-order chi connectivity index (χ1) is 27.5. The number of nitrogens with one attached hydrogen (secondary N) is 1. The molecule has 8 aromatic carbocycles. The van der Waals surface area contributed by atoms with E-state index in [0.717, 1.165) is 39.3 Å². The van der Waals surface area contributed by atoms with Gasteiger partial charge < -0.3 is 9.88 Å². The maximum Gasteiger partial charge on any atom is 0.159 e. The van der Waals surface area contributed by atoms with Crippen LogP contribution in [0, 0.1) is 0 Å². The molecule has 11 rings (SSSR count). The van der Waals surface area contributed by atoms with Gasteiger partial charge in [-0.2, -0.15) is 0 Å². The average molecular weight is 719 g/mol. The first-order valence-electron chi connectivity index (χ1n) is 19.4. The summed E-state index contributed by atoms with van der Waals surface area (Å²) in [5.74, 6) is 1.50. The first kappa shape index (κ1) is 32.4. The van der Waals surface area contributed by atoms with E-state index in [0.29, 0.717) is 5.84 Å². The van der Waals surface area contributed by atoms with E-state index in [-0.39, 0.29) is 11.6 Å². The van der Waals surface area contributed by atoms with Crippen molar-refractivity contribution in [3.05, 3.63) is 210 Å². The summed E-state index contributed by atoms with van der Waals surface area (Å²) in [7, 11) is 0. The van der Waals surface area contributed by atoms with E-state index >= 15 is 0 Å². The van der Waals surface area contributed by atoms with Crippen LogP contribution in [-0.2, 0) is 5.41 Å². The van der Waals surface area contributed by atoms with E-state index in [1.807, 2.05) is 12.1 Å². The summed E-state index contributed by atoms with van der Waals surface area (Å²) < 4.78 is 2.45. The summed E-state index contributed by atoms with van der Waals surface area (Å²) in [6.45, 7) is 4.71. The normalized spacial score (nSPS) is 15.6. The van der Waals surface area contributed by atoms with Gasteiger partial charge in [0.05, 0.1) is 11.0 Å². The van der Waals surface area contributed by atoms with E-state index in [9.17, 15) is 0 Å². The molecule has 56 heavy (non-hydrogen) atoms. The summed E-state index contributed by atoms with van der Waals surface area (Å²) in [6, 6.07) is 65.6. The number of para-hydroxylation sites is 1. The van der Waals surface area contributed by atoms with Gasteiger partial charge in [0, 0.05) is 33.0 Å². The second kappa shape index (κ2) is 12.5. The predicted molar refractivity (Wildman–Crippen MR) is 233 cm³/mol. The minimum absolute atomic E-state index is 0.127. The Hall–Kier alpha value is -7.04. The van der Waals surface area contributed by atoms with Gasteiger partial charge in [-0.1, -0.05) is 153 Å². The fraction of sp³-hybridized carbons (Fsp3) is 0.0769. The molecule has 0 saturated heterocycles. The lowest BCUT2D eigenvalue weighted by Gasteiger charge is -2.24. The van der Waals surface area contributed by atoms with E-state index in [1.165, 1.54) is 54.8 Å². The highest BCUT2D eigenvalue weighted by Crippen LogP contribution is 2.51. The van der Waals surface area contributed by atoms with Crippen molar-refractivity contribution in [3.8, 4) is 27.9 Å². The summed E-state index contributed by atoms with van der Waals surface area (Å²) in [4.78, 5) is 10.6. The molecule has 4 nitrogen and oxygen atoms in total. The number of benzene rings is 8. The zero-order chi connectivity index (χ0) is 37.4. The molecule has 1 aliphatic heterocycles. The summed E-state index contributed by atoms with van der Waals surface area (Å²) in [5.41, 5.74) is 14.0. The quantitative estimate of drug-likeness (QED) is 0.189. The van der Waals surface area contributed by atoms with Crippen molar-refractivity contribution >= 4 is 44.2 Å². The molecular formula is C52H38N4. The number of fused-ring (bicyclic) bond motifs is 7. The van der Waals surface area contributed by atoms with Crippen molar-refractivity contribution in [1.29, 1.82) is 0 Å². The lowest BCUT2D eigenvalue weighted by molar-refractivity contribution is 0.661. The van der Waals surface area contributed by atoms with Gasteiger partial charge in [0.1, 0.15) is 12.0 Å². The smallest absolute Gasteiger partial charge is 0.159 e. The van der Waals surface area contributed by atoms with Gasteiger partial charge in [-0.25, -0.2) is 9.98 Å². The highest BCUT2D eigenvalue weighted by molar-refractivity contribution is 6.15. The summed E-state index contributed by atoms with van der Waals surface area (Å²) in [5, 5.41) is 8.55. The molecule has 1 unspecified atom stereocenters. The van der Waals surface area contributed by atoms with Crippen LogP contribution in [-0.4, -0.2) is 16.2 Å². The van der Waals surface area contributed by atoms with E-state index in [1.54, 1.807) is 0 Å². The van der Waals surface area contributed by atoms with E-state index in [2.05, 4.69) is 194 Å². The van der Waals surface area contributed by atoms with Gasteiger partial charge in [0.15, 0.2) is 5.84 Å². The van der Waals surface area contributed by atoms with Gasteiger partial charge in [0.2, 0.25) is 0 Å². The standard InChI is InChI=1S/C52H38N4/c1-52(2)45-23-13-11-21-41(45)43-31-44-42-22-12-14-24-47(42)56(48(44)32-46(43)52)40-29-38(37-26-25-33-15-9-10-20-36(33)27-37)28-39(30-40)51-54-49(34-16-5-3-6-17-34)53-50(55-51)35-18-7-4-8-19-35/h3-32,49H,1-2H3,(H,53,54,55). The lowest BCUT2D eigenvalue weighted by atomic mass is 9.82. The number of hydrogen-bond acceptors (Lipinski definition) is 3. The highest BCUT2D eigenvalue weighted by Gasteiger charge is 2.36. The van der Waals surface area contributed by atoms with Crippen LogP contribution in [0.5, 0.6) is 0 Å². The summed E-state index contributed by atoms with van der Waals surface area (Å²) in [6.07, 6.45) is -0.300. The zero-order valence-electron chi connectivity index (χ0n) is 31.2. The average Bonchev–Trinajstić information content (AvgIpc) is 3.70. The molecule has 4 heteroatoms. The van der Waals surface area contributed by atoms with Crippen LogP contribution >= 0.6 is 0 Å². The van der Waals surface area contributed by atoms with Crippen LogP contribution < -0.4 is 5.32 Å². The Morgan fingerprint density at radius 3 is 2.07 bits per heavy atom. The van der Waals surface area contributed by atoms with Gasteiger partial charge >= 0.3 is 0 Å². The van der Waals surface area contributed by atoms with Gasteiger partial charge in [-0.3, -0.25) is 0 Å². The molecule has 1 atom stereocenters. The van der Waals surface area contributed by atoms with Crippen LogP contribution in [0.4, 0.5) is 0 Å². The lowest BCUT2D eigenvalue weighted by Crippen LogP contribution is -2.33. The molecule has 0 saturated carbocycles. The number of aliphatic imine (C=N–C) groups is 2. The Morgan fingerprint density at radius 2 is 1.21 bits per heavy atom. The minimum atomic E-state index is -0.300. The maximum absolute atomic E-state index is 5.33. The SMILES string of the molecule is CC1(C)c2ccccc2-c2cc3c4ccccc4n(-c4cc(C5=NC(c6ccccc6)NC(c6ccccc6)=N5)cc(-c5ccc6ccccc6c5)c4)c3cc21. The van der Waals surface area contributed by atoms with E-state index in [4.69, 9.17) is 9.98 Å². The molecule has 0 fully saturated rings. The molecule has 0 amide bonds. The minimum Gasteiger partial charge on any atom is -0.344 e. The maximum atomic E-state index is 5.33. The molecule has 1 N–H and O–H groups in total. The van der Waals surface area contributed by atoms with Crippen molar-refractivity contribution in [2.75, 3.05) is 0 Å². The topological polar surface area (TPSA) is 41.7 Å². The second-order valence-electron chi connectivity index (χ2n) is 15.5. The van der Waals surface area contributed by atoms with Crippen LogP contribution in [0.15, 0.2) is 192 Å². The largest absolute Gasteiger partial charge is 0.344 e. The highest BCUT2D eigenvalue weighted by atomic mass is 15.2. The Balaban J connectivity index is 1.18. The molecule has 1 aliphatic carbocycles. The van der Waals surface area contributed by atoms with Crippen molar-refractivity contribution in [2.24, 2.45) is 9.98 Å². The molecule has 2 aliphatic rings. The number of nitrogens with zero attached hydrogens (tertiary/aromatic N) is 3. The van der Waals surface area contributed by atoms with Crippen LogP contribution in [0.1, 0.15) is 47.8 Å². The number of aromatic nitrogens is 1. The van der Waals surface area contributed by atoms with Crippen molar-refractivity contribution in [1.82, 2.24) is 9.88 Å². The first-order valence-corrected chi connectivity index (χ1v) is 19.4. The Morgan fingerprint density at radius 1 is 0.500 bits per heavy atom. The van der Waals surface area contributed by atoms with Crippen LogP contribution in [0.2, 0.25) is 0 Å². The molecular weight excluding hydrogens is 681 g/mol. The molecule has 1 aromatic heterocycles. The molecule has 266 valence electrons. The Bertz CT molecular complexity index is 3080. The van der Waals surface area contributed by atoms with E-state index < -0.39 is 0 Å². The number of rotatable bonds is 5. The summed E-state index contributed by atoms with van der Waals surface area (Å²) >= 11 is 0. The fourth-order valence-corrected chi connectivity index (χ4v) is 8.97. The zero-order valence-corrected chi connectivity index (χ0v) is 31.2. The van der Waals surface area contributed by atoms with Gasteiger partial charge in [-0.15, -0.1) is 0 Å². The monoisotopic (exact) mass is 718 g/mol. The number of amidine groups is 2. The van der Waals surface area contributed by atoms with Gasteiger partial charge in [-0.05, 0) is 92.2 Å². The van der Waals surface area contributed by atoms with Crippen molar-refractivity contribution in [3.63, 3.8) is 0 Å². The third-order valence-corrected chi connectivity index (χ3v) is 11.8. The van der Waals surface area contributed by atoms with Crippen molar-refractivity contribution < 1.29 is 0 Å². The van der Waals surface area contributed by atoms with Crippen molar-refractivity contribution in [2.45, 2.75) is 25.4 Å².